The van der Waals surface area contributed by atoms with E-state index in [1.807, 2.05) is 4.90 Å². The van der Waals surface area contributed by atoms with Crippen molar-refractivity contribution in [1.29, 1.82) is 0 Å². The van der Waals surface area contributed by atoms with Crippen LogP contribution in [0, 0.1) is 0 Å². The van der Waals surface area contributed by atoms with Crippen LogP contribution in [-0.2, 0) is 38.5 Å². The molecule has 6 rings (SSSR count). The third-order valence-corrected chi connectivity index (χ3v) is 13.6. The van der Waals surface area contributed by atoms with E-state index in [0.29, 0.717) is 26.3 Å². The molecular weight excluding hydrogens is 775 g/mol. The lowest BCUT2D eigenvalue weighted by molar-refractivity contribution is -0.155. The van der Waals surface area contributed by atoms with Crippen molar-refractivity contribution in [1.82, 2.24) is 20.1 Å². The summed E-state index contributed by atoms with van der Waals surface area (Å²) in [7, 11) is -4.01. The minimum Gasteiger partial charge on any atom is -0.494 e. The lowest BCUT2D eigenvalue weighted by atomic mass is 9.84. The van der Waals surface area contributed by atoms with Crippen LogP contribution >= 0.6 is 0 Å². The van der Waals surface area contributed by atoms with Gasteiger partial charge in [-0.3, -0.25) is 14.6 Å². The molecule has 1 unspecified atom stereocenters. The lowest BCUT2D eigenvalue weighted by Gasteiger charge is -2.40. The maximum absolute atomic E-state index is 14.8. The number of pyridine rings is 1. The van der Waals surface area contributed by atoms with E-state index in [-0.39, 0.29) is 69.7 Å². The first-order chi connectivity index (χ1) is 26.8. The summed E-state index contributed by atoms with van der Waals surface area (Å²) < 4.78 is 125. The van der Waals surface area contributed by atoms with Crippen LogP contribution in [0.25, 0.3) is 17.3 Å². The van der Waals surface area contributed by atoms with E-state index in [1.54, 1.807) is 13.8 Å². The molecule has 0 radical (unpaired) electrons. The van der Waals surface area contributed by atoms with Gasteiger partial charge in [-0.1, -0.05) is 49.4 Å². The summed E-state index contributed by atoms with van der Waals surface area (Å²) >= 11 is 0. The van der Waals surface area contributed by atoms with E-state index in [4.69, 9.17) is 14.5 Å². The van der Waals surface area contributed by atoms with Gasteiger partial charge < -0.3 is 14.8 Å². The second-order valence-corrected chi connectivity index (χ2v) is 18.0. The predicted octanol–water partition coefficient (Wildman–Crippen LogP) is 7.61. The van der Waals surface area contributed by atoms with Crippen molar-refractivity contribution in [2.75, 3.05) is 45.1 Å². The summed E-state index contributed by atoms with van der Waals surface area (Å²) in [5.41, 5.74) is -1.35. The molecule has 9 nitrogen and oxygen atoms in total. The van der Waals surface area contributed by atoms with Gasteiger partial charge in [0.15, 0.2) is 15.9 Å². The van der Waals surface area contributed by atoms with Crippen LogP contribution in [-0.4, -0.2) is 97.3 Å². The smallest absolute Gasteiger partial charge is 0.416 e. The normalized spacial score (nSPS) is 20.9. The number of alkyl halides is 6. The van der Waals surface area contributed by atoms with Crippen LogP contribution in [0.2, 0.25) is 0 Å². The molecule has 2 aromatic carbocycles. The fourth-order valence-electron chi connectivity index (χ4n) is 8.00. The molecule has 0 saturated carbocycles. The van der Waals surface area contributed by atoms with Gasteiger partial charge in [0.25, 0.3) is 5.91 Å². The molecule has 3 aromatic rings. The molecule has 1 aliphatic carbocycles. The molecule has 2 fully saturated rings. The molecule has 2 atom stereocenters. The van der Waals surface area contributed by atoms with Crippen LogP contribution < -0.4 is 5.32 Å². The molecule has 3 aliphatic rings. The molecule has 0 bridgehead atoms. The Morgan fingerprint density at radius 3 is 2.26 bits per heavy atom. The Morgan fingerprint density at radius 1 is 1.00 bits per heavy atom. The second kappa shape index (κ2) is 16.7. The third kappa shape index (κ3) is 9.18. The van der Waals surface area contributed by atoms with E-state index in [9.17, 15) is 39.6 Å². The Kier molecular flexibility index (Phi) is 12.5. The van der Waals surface area contributed by atoms with Crippen molar-refractivity contribution in [2.24, 2.45) is 0 Å². The largest absolute Gasteiger partial charge is 0.494 e. The van der Waals surface area contributed by atoms with Crippen LogP contribution in [0.4, 0.5) is 26.3 Å². The first kappa shape index (κ1) is 42.6. The van der Waals surface area contributed by atoms with Crippen LogP contribution in [0.3, 0.4) is 0 Å². The maximum atomic E-state index is 14.8. The summed E-state index contributed by atoms with van der Waals surface area (Å²) in [5.74, 6) is -1.47. The summed E-state index contributed by atoms with van der Waals surface area (Å²) in [6.07, 6.45) is -7.76. The van der Waals surface area contributed by atoms with Crippen LogP contribution in [0.5, 0.6) is 0 Å². The monoisotopic (exact) mass is 822 g/mol. The Labute approximate surface area is 329 Å². The van der Waals surface area contributed by atoms with Gasteiger partial charge in [-0.25, -0.2) is 13.4 Å². The SMILES string of the molecule is CCS(=O)(=O)C1(C)Cc2c(nc(-c3cccc(C(F)(F)F)c3)c(CN3CCC(N4CCOCC4)CC3)c2C(=O)N[C@H](c2ccccc2)C(F)(F)F)C=C1OC(C)C. The Hall–Kier alpha value is -3.99. The summed E-state index contributed by atoms with van der Waals surface area (Å²) in [5, 5.41) is 2.20. The van der Waals surface area contributed by atoms with Crippen molar-refractivity contribution in [3.63, 3.8) is 0 Å². The molecule has 1 N–H and O–H groups in total. The Balaban J connectivity index is 1.58. The quantitative estimate of drug-likeness (QED) is 0.198. The minimum absolute atomic E-state index is 0.00967. The number of sulfone groups is 1. The summed E-state index contributed by atoms with van der Waals surface area (Å²) in [4.78, 5) is 24.0. The van der Waals surface area contributed by atoms with Gasteiger partial charge in [-0.2, -0.15) is 26.3 Å². The number of likely N-dealkylation sites (tertiary alicyclic amines) is 1. The standard InChI is InChI=1S/C41H48F6N4O5S/c1-5-57(53,54)39(4)24-31-33(23-34(39)56-26(2)3)48-36(28-12-9-13-29(22-28)40(42,43)44)32(25-50-16-14-30(15-17-50)51-18-20-55-21-19-51)35(31)38(52)49-37(41(45,46)47)27-10-7-6-8-11-27/h6-13,22-23,26,30,37H,5,14-21,24-25H2,1-4H3,(H,49,52)/t37-,39?/m1/s1. The average Bonchev–Trinajstić information content (AvgIpc) is 3.17. The number of piperidine rings is 1. The molecule has 1 aromatic heterocycles. The first-order valence-electron chi connectivity index (χ1n) is 19.1. The van der Waals surface area contributed by atoms with Gasteiger partial charge in [0.1, 0.15) is 10.5 Å². The van der Waals surface area contributed by atoms with Gasteiger partial charge in [0.05, 0.1) is 41.8 Å². The highest BCUT2D eigenvalue weighted by molar-refractivity contribution is 7.93. The molecule has 0 spiro atoms. The number of morpholine rings is 1. The third-order valence-electron chi connectivity index (χ3n) is 11.1. The number of hydrogen-bond acceptors (Lipinski definition) is 8. The van der Waals surface area contributed by atoms with Crippen molar-refractivity contribution < 1.29 is 49.0 Å². The number of hydrogen-bond donors (Lipinski definition) is 1. The second-order valence-electron chi connectivity index (χ2n) is 15.3. The number of rotatable bonds is 11. The van der Waals surface area contributed by atoms with Gasteiger partial charge >= 0.3 is 12.4 Å². The number of nitrogens with one attached hydrogen (secondary N) is 1. The van der Waals surface area contributed by atoms with Gasteiger partial charge in [0, 0.05) is 55.1 Å². The fraction of sp³-hybridized carbons (Fsp3) is 0.512. The number of ether oxygens (including phenoxy) is 2. The number of nitrogens with zero attached hydrogens (tertiary/aromatic N) is 3. The zero-order valence-electron chi connectivity index (χ0n) is 32.3. The van der Waals surface area contributed by atoms with E-state index < -0.39 is 50.6 Å². The van der Waals surface area contributed by atoms with E-state index in [1.165, 1.54) is 62.4 Å². The van der Waals surface area contributed by atoms with E-state index >= 15 is 0 Å². The molecule has 2 aliphatic heterocycles. The predicted molar refractivity (Wildman–Crippen MR) is 204 cm³/mol. The molecule has 3 heterocycles. The molecule has 310 valence electrons. The molecule has 2 saturated heterocycles. The lowest BCUT2D eigenvalue weighted by Crippen LogP contribution is -2.49. The number of halogens is 6. The number of benzene rings is 2. The zero-order valence-corrected chi connectivity index (χ0v) is 33.2. The number of carbonyl (C=O) groups is 1. The number of fused-ring (bicyclic) bond motifs is 1. The van der Waals surface area contributed by atoms with Crippen LogP contribution in [0.1, 0.15) is 84.9 Å². The fourth-order valence-corrected chi connectivity index (χ4v) is 9.41. The van der Waals surface area contributed by atoms with Crippen LogP contribution in [0.15, 0.2) is 60.4 Å². The molecule has 16 heteroatoms. The molecular formula is C41H48F6N4O5S. The Bertz CT molecular complexity index is 2060. The zero-order chi connectivity index (χ0) is 41.3. The topological polar surface area (TPSA) is 101 Å². The number of aromatic nitrogens is 1. The van der Waals surface area contributed by atoms with Gasteiger partial charge in [-0.05, 0) is 70.0 Å². The van der Waals surface area contributed by atoms with Crippen molar-refractivity contribution >= 4 is 21.8 Å². The number of carbonyl (C=O) groups excluding carboxylic acids is 1. The molecule has 1 amide bonds. The minimum atomic E-state index is -4.95. The average molecular weight is 823 g/mol. The van der Waals surface area contributed by atoms with Gasteiger partial charge in [-0.15, -0.1) is 0 Å². The van der Waals surface area contributed by atoms with Crippen molar-refractivity contribution in [3.8, 4) is 11.3 Å². The van der Waals surface area contributed by atoms with E-state index in [0.717, 1.165) is 38.1 Å². The summed E-state index contributed by atoms with van der Waals surface area (Å²) in [6, 6.07) is 9.03. The first-order valence-corrected chi connectivity index (χ1v) is 20.8. The van der Waals surface area contributed by atoms with Gasteiger partial charge in [0.2, 0.25) is 0 Å². The van der Waals surface area contributed by atoms with Crippen molar-refractivity contribution in [2.45, 2.75) is 88.8 Å². The van der Waals surface area contributed by atoms with Crippen molar-refractivity contribution in [3.05, 3.63) is 93.9 Å². The highest BCUT2D eigenvalue weighted by Crippen LogP contribution is 2.44. The maximum Gasteiger partial charge on any atom is 0.416 e. The molecule has 57 heavy (non-hydrogen) atoms. The Morgan fingerprint density at radius 2 is 1.67 bits per heavy atom. The highest BCUT2D eigenvalue weighted by Gasteiger charge is 2.49. The summed E-state index contributed by atoms with van der Waals surface area (Å²) in [6.45, 7) is 10.1. The van der Waals surface area contributed by atoms with E-state index in [2.05, 4.69) is 10.2 Å². The number of amides is 1. The highest BCUT2D eigenvalue weighted by atomic mass is 32.2.